The number of allylic oxidation sites excluding steroid dienone is 4. The third-order valence-corrected chi connectivity index (χ3v) is 18.5. The molecule has 0 aromatic carbocycles. The number of carboxylic acid groups (broad SMARTS) is 1. The van der Waals surface area contributed by atoms with E-state index in [1.165, 1.54) is 347 Å². The first-order chi connectivity index (χ1) is 44.1. The number of esters is 2. The van der Waals surface area contributed by atoms with Crippen molar-refractivity contribution in [1.82, 2.24) is 0 Å². The number of hydrogen-bond donors (Lipinski definition) is 0. The summed E-state index contributed by atoms with van der Waals surface area (Å²) in [6.45, 7) is 4.83. The minimum absolute atomic E-state index is 0.152. The Morgan fingerprint density at radius 3 is 0.878 bits per heavy atom. The predicted molar refractivity (Wildman–Crippen MR) is 385 cm³/mol. The van der Waals surface area contributed by atoms with Crippen molar-refractivity contribution in [2.24, 2.45) is 0 Å². The Bertz CT molecular complexity index is 1530. The lowest BCUT2D eigenvalue weighted by Crippen LogP contribution is -2.44. The second kappa shape index (κ2) is 72.6. The lowest BCUT2D eigenvalue weighted by Gasteiger charge is -2.26. The molecule has 0 aliphatic heterocycles. The Morgan fingerprint density at radius 1 is 0.333 bits per heavy atom. The van der Waals surface area contributed by atoms with Crippen LogP contribution in [0, 0.1) is 0 Å². The topological polar surface area (TPSA) is 111 Å². The zero-order chi connectivity index (χ0) is 65.4. The van der Waals surface area contributed by atoms with E-state index in [0.717, 1.165) is 44.9 Å². The van der Waals surface area contributed by atoms with Crippen LogP contribution in [-0.2, 0) is 33.3 Å². The van der Waals surface area contributed by atoms with Gasteiger partial charge in [-0.15, -0.1) is 0 Å². The maximum absolute atomic E-state index is 13.0. The summed E-state index contributed by atoms with van der Waals surface area (Å²) in [5.74, 6) is -2.24. The lowest BCUT2D eigenvalue weighted by atomic mass is 10.0. The fourth-order valence-corrected chi connectivity index (χ4v) is 12.3. The molecule has 0 radical (unpaired) electrons. The molecule has 2 atom stereocenters. The zero-order valence-electron chi connectivity index (χ0n) is 61.1. The van der Waals surface area contributed by atoms with E-state index < -0.39 is 24.3 Å². The molecule has 0 aromatic rings. The zero-order valence-corrected chi connectivity index (χ0v) is 61.1. The van der Waals surface area contributed by atoms with Crippen molar-refractivity contribution in [2.75, 3.05) is 47.5 Å². The SMILES string of the molecule is CCCCCCC/C=C\C/C=C\CCCCCCCCCCCCCCCCCCCCCCCC(=O)OC(COC(=O)CCCCCCCCCCCCCCCCCCCCCCCCCCCCCCCCCC)COC(OCC[N+](C)(C)C)C(=O)[O-]. The molecule has 532 valence electrons. The molecule has 0 aliphatic carbocycles. The number of carboxylic acids is 1. The first kappa shape index (κ1) is 87.8. The smallest absolute Gasteiger partial charge is 0.306 e. The van der Waals surface area contributed by atoms with Crippen LogP contribution in [0.15, 0.2) is 24.3 Å². The largest absolute Gasteiger partial charge is 0.545 e. The van der Waals surface area contributed by atoms with Gasteiger partial charge in [0.05, 0.1) is 40.3 Å². The molecule has 0 fully saturated rings. The first-order valence-corrected chi connectivity index (χ1v) is 40.0. The number of likely N-dealkylation sites (N-methyl/N-ethyl adjacent to an activating group) is 1. The molecule has 0 amide bonds. The molecule has 9 heteroatoms. The van der Waals surface area contributed by atoms with Gasteiger partial charge in [-0.3, -0.25) is 9.59 Å². The van der Waals surface area contributed by atoms with Crippen molar-refractivity contribution in [3.05, 3.63) is 24.3 Å². The number of rotatable bonds is 76. The highest BCUT2D eigenvalue weighted by atomic mass is 16.7. The Kier molecular flexibility index (Phi) is 70.8. The quantitative estimate of drug-likeness (QED) is 0.0195. The normalized spacial score (nSPS) is 12.7. The van der Waals surface area contributed by atoms with Crippen LogP contribution in [0.4, 0.5) is 0 Å². The van der Waals surface area contributed by atoms with Crippen LogP contribution in [0.1, 0.15) is 418 Å². The number of quaternary nitrogens is 1. The van der Waals surface area contributed by atoms with Crippen molar-refractivity contribution in [1.29, 1.82) is 0 Å². The second-order valence-electron chi connectivity index (χ2n) is 28.7. The third-order valence-electron chi connectivity index (χ3n) is 18.5. The van der Waals surface area contributed by atoms with E-state index in [1.54, 1.807) is 0 Å². The van der Waals surface area contributed by atoms with Crippen molar-refractivity contribution >= 4 is 17.9 Å². The summed E-state index contributed by atoms with van der Waals surface area (Å²) in [6.07, 6.45) is 88.8. The summed E-state index contributed by atoms with van der Waals surface area (Å²) in [4.78, 5) is 37.6. The monoisotopic (exact) mass is 1270 g/mol. The molecule has 0 aromatic heterocycles. The minimum Gasteiger partial charge on any atom is -0.545 e. The van der Waals surface area contributed by atoms with E-state index in [1.807, 2.05) is 21.1 Å². The van der Waals surface area contributed by atoms with E-state index in [9.17, 15) is 19.5 Å². The molecular weight excluding hydrogens is 1110 g/mol. The van der Waals surface area contributed by atoms with Gasteiger partial charge in [0.1, 0.15) is 13.2 Å². The second-order valence-corrected chi connectivity index (χ2v) is 28.7. The number of nitrogens with zero attached hydrogens (tertiary/aromatic N) is 1. The van der Waals surface area contributed by atoms with Crippen molar-refractivity contribution in [3.63, 3.8) is 0 Å². The molecule has 9 nitrogen and oxygen atoms in total. The average molecular weight is 1270 g/mol. The van der Waals surface area contributed by atoms with Crippen LogP contribution in [0.25, 0.3) is 0 Å². The summed E-state index contributed by atoms with van der Waals surface area (Å²) >= 11 is 0. The van der Waals surface area contributed by atoms with Gasteiger partial charge in [0.15, 0.2) is 12.4 Å². The van der Waals surface area contributed by atoms with Gasteiger partial charge in [0.2, 0.25) is 0 Å². The lowest BCUT2D eigenvalue weighted by molar-refractivity contribution is -0.870. The van der Waals surface area contributed by atoms with Gasteiger partial charge in [-0.25, -0.2) is 0 Å². The van der Waals surface area contributed by atoms with Crippen molar-refractivity contribution < 1.29 is 42.9 Å². The number of carbonyl (C=O) groups excluding carboxylic acids is 3. The van der Waals surface area contributed by atoms with Crippen LogP contribution >= 0.6 is 0 Å². The van der Waals surface area contributed by atoms with Gasteiger partial charge in [-0.2, -0.15) is 0 Å². The molecule has 90 heavy (non-hydrogen) atoms. The highest BCUT2D eigenvalue weighted by Crippen LogP contribution is 2.20. The predicted octanol–water partition coefficient (Wildman–Crippen LogP) is 24.0. The maximum atomic E-state index is 13.0. The van der Waals surface area contributed by atoms with E-state index in [-0.39, 0.29) is 32.2 Å². The third kappa shape index (κ3) is 73.2. The highest BCUT2D eigenvalue weighted by molar-refractivity contribution is 5.70. The van der Waals surface area contributed by atoms with Crippen molar-refractivity contribution in [3.8, 4) is 0 Å². The number of ether oxygens (including phenoxy) is 4. The summed E-state index contributed by atoms with van der Waals surface area (Å²) in [7, 11) is 5.95. The molecular formula is C81H155NO8. The molecule has 0 N–H and O–H groups in total. The molecule has 0 saturated carbocycles. The Hall–Kier alpha value is -2.23. The number of unbranched alkanes of at least 4 members (excludes halogenated alkanes) is 57. The molecule has 2 unspecified atom stereocenters. The fraction of sp³-hybridized carbons (Fsp3) is 0.914. The Balaban J connectivity index is 3.97. The molecule has 0 bridgehead atoms. The van der Waals surface area contributed by atoms with E-state index in [4.69, 9.17) is 18.9 Å². The summed E-state index contributed by atoms with van der Waals surface area (Å²) < 4.78 is 22.9. The summed E-state index contributed by atoms with van der Waals surface area (Å²) in [5.41, 5.74) is 0. The fourth-order valence-electron chi connectivity index (χ4n) is 12.3. The molecule has 0 spiro atoms. The maximum Gasteiger partial charge on any atom is 0.306 e. The van der Waals surface area contributed by atoms with Gasteiger partial charge in [0, 0.05) is 12.8 Å². The number of carbonyl (C=O) groups is 3. The Morgan fingerprint density at radius 2 is 0.600 bits per heavy atom. The van der Waals surface area contributed by atoms with Crippen molar-refractivity contribution in [2.45, 2.75) is 431 Å². The van der Waals surface area contributed by atoms with E-state index >= 15 is 0 Å². The molecule has 0 rings (SSSR count). The Labute approximate surface area is 560 Å². The van der Waals surface area contributed by atoms with Crippen LogP contribution in [0.2, 0.25) is 0 Å². The van der Waals surface area contributed by atoms with Crippen LogP contribution in [0.5, 0.6) is 0 Å². The first-order valence-electron chi connectivity index (χ1n) is 40.0. The van der Waals surface area contributed by atoms with Gasteiger partial charge in [-0.1, -0.05) is 385 Å². The van der Waals surface area contributed by atoms with Gasteiger partial charge in [0.25, 0.3) is 0 Å². The van der Waals surface area contributed by atoms with Gasteiger partial charge >= 0.3 is 11.9 Å². The van der Waals surface area contributed by atoms with E-state index in [2.05, 4.69) is 38.2 Å². The average Bonchev–Trinajstić information content (AvgIpc) is 3.72. The number of aliphatic carboxylic acids is 1. The van der Waals surface area contributed by atoms with Crippen LogP contribution in [0.3, 0.4) is 0 Å². The minimum atomic E-state index is -1.62. The van der Waals surface area contributed by atoms with Gasteiger partial charge in [-0.05, 0) is 44.9 Å². The van der Waals surface area contributed by atoms with Gasteiger partial charge < -0.3 is 33.3 Å². The highest BCUT2D eigenvalue weighted by Gasteiger charge is 2.22. The molecule has 0 heterocycles. The summed E-state index contributed by atoms with van der Waals surface area (Å²) in [6, 6.07) is 0. The number of hydrogen-bond acceptors (Lipinski definition) is 8. The standard InChI is InChI=1S/C81H155NO8/c1-6-8-10-12-14-16-18-20-22-24-26-28-30-32-34-36-38-40-42-44-46-48-50-52-54-56-58-60-62-64-66-68-70-72-79(84)90-77(76-89-81(80(85)86)87-74-73-82(3,4)5)75-88-78(83)71-69-67-65-63-61-59-57-55-53-51-49-47-45-43-41-39-37-35-33-31-29-27-25-23-21-19-17-15-13-11-9-7-2/h18,20,24,26,77,81H,6-17,19,21-23,25,27-76H2,1-5H3/b20-18-,26-24-. The molecule has 0 saturated heterocycles. The van der Waals surface area contributed by atoms with E-state index in [0.29, 0.717) is 17.4 Å². The molecule has 0 aliphatic rings. The van der Waals surface area contributed by atoms with Crippen LogP contribution < -0.4 is 5.11 Å². The summed E-state index contributed by atoms with van der Waals surface area (Å²) in [5, 5.41) is 11.9. The van der Waals surface area contributed by atoms with Crippen LogP contribution in [-0.4, -0.2) is 82.3 Å².